The molecule has 1 aromatic rings. The number of carboxylic acid groups (broad SMARTS) is 1. The van der Waals surface area contributed by atoms with Crippen LogP contribution in [0.15, 0.2) is 18.2 Å². The number of nitrogens with zero attached hydrogens (tertiary/aromatic N) is 2. The maximum Gasteiger partial charge on any atom is 0.407 e. The van der Waals surface area contributed by atoms with Crippen LogP contribution < -0.4 is 4.74 Å². The molecule has 1 amide bonds. The molecule has 0 saturated carbocycles. The number of carbonyl (C=O) groups excluding carboxylic acids is 1. The molecule has 1 fully saturated rings. The van der Waals surface area contributed by atoms with Gasteiger partial charge in [0.2, 0.25) is 0 Å². The molecule has 0 bridgehead atoms. The molecule has 7 nitrogen and oxygen atoms in total. The summed E-state index contributed by atoms with van der Waals surface area (Å²) in [6.45, 7) is 0.745. The first-order valence-corrected chi connectivity index (χ1v) is 7.53. The van der Waals surface area contributed by atoms with Crippen LogP contribution in [-0.2, 0) is 11.3 Å². The highest BCUT2D eigenvalue weighted by Gasteiger charge is 2.29. The van der Waals surface area contributed by atoms with Crippen molar-refractivity contribution >= 4 is 12.1 Å². The van der Waals surface area contributed by atoms with E-state index in [1.165, 1.54) is 19.1 Å². The van der Waals surface area contributed by atoms with Crippen LogP contribution in [0.3, 0.4) is 0 Å². The van der Waals surface area contributed by atoms with E-state index in [1.807, 2.05) is 4.90 Å². The Morgan fingerprint density at radius 3 is 2.67 bits per heavy atom. The largest absolute Gasteiger partial charge is 0.496 e. The quantitative estimate of drug-likeness (QED) is 0.821. The summed E-state index contributed by atoms with van der Waals surface area (Å²) >= 11 is 0. The second kappa shape index (κ2) is 7.96. The standard InChI is InChI=1S/C16H21FN2O5/c1-23-14-7-11(3-4-13(14)15(20)24-2)9-18-5-6-19(16(21)22)10-12(18)8-17/h3-4,7,12H,5-6,8-10H2,1-2H3,(H,21,22)/t12-/m1/s1. The molecule has 0 unspecified atom stereocenters. The summed E-state index contributed by atoms with van der Waals surface area (Å²) in [5.41, 5.74) is 1.17. The number of methoxy groups -OCH3 is 2. The highest BCUT2D eigenvalue weighted by atomic mass is 19.1. The van der Waals surface area contributed by atoms with Crippen molar-refractivity contribution in [1.82, 2.24) is 9.80 Å². The summed E-state index contributed by atoms with van der Waals surface area (Å²) in [4.78, 5) is 25.8. The lowest BCUT2D eigenvalue weighted by Crippen LogP contribution is -2.54. The number of amides is 1. The Kier molecular flexibility index (Phi) is 5.97. The van der Waals surface area contributed by atoms with Crippen molar-refractivity contribution in [2.45, 2.75) is 12.6 Å². The van der Waals surface area contributed by atoms with Crippen molar-refractivity contribution in [2.24, 2.45) is 0 Å². The number of hydrogen-bond acceptors (Lipinski definition) is 5. The molecular formula is C16H21FN2O5. The van der Waals surface area contributed by atoms with E-state index >= 15 is 0 Å². The monoisotopic (exact) mass is 340 g/mol. The zero-order chi connectivity index (χ0) is 17.7. The zero-order valence-corrected chi connectivity index (χ0v) is 13.7. The first-order chi connectivity index (χ1) is 11.5. The molecule has 1 aliphatic rings. The van der Waals surface area contributed by atoms with Gasteiger partial charge in [0.1, 0.15) is 18.0 Å². The summed E-state index contributed by atoms with van der Waals surface area (Å²) in [5.74, 6) is -0.101. The van der Waals surface area contributed by atoms with E-state index in [0.717, 1.165) is 5.56 Å². The van der Waals surface area contributed by atoms with Gasteiger partial charge in [-0.3, -0.25) is 4.90 Å². The van der Waals surface area contributed by atoms with Gasteiger partial charge in [-0.25, -0.2) is 14.0 Å². The van der Waals surface area contributed by atoms with E-state index in [2.05, 4.69) is 0 Å². The minimum atomic E-state index is -1.03. The van der Waals surface area contributed by atoms with E-state index < -0.39 is 24.8 Å². The summed E-state index contributed by atoms with van der Waals surface area (Å²) in [5, 5.41) is 9.03. The molecule has 1 atom stereocenters. The number of rotatable bonds is 5. The van der Waals surface area contributed by atoms with E-state index in [-0.39, 0.29) is 6.54 Å². The van der Waals surface area contributed by atoms with Crippen LogP contribution in [-0.4, -0.2) is 73.5 Å². The van der Waals surface area contributed by atoms with Crippen molar-refractivity contribution in [2.75, 3.05) is 40.5 Å². The molecule has 1 heterocycles. The van der Waals surface area contributed by atoms with Gasteiger partial charge in [-0.15, -0.1) is 0 Å². The second-order valence-electron chi connectivity index (χ2n) is 5.53. The van der Waals surface area contributed by atoms with Gasteiger partial charge in [0.15, 0.2) is 0 Å². The number of alkyl halides is 1. The van der Waals surface area contributed by atoms with Crippen LogP contribution in [0.5, 0.6) is 5.75 Å². The van der Waals surface area contributed by atoms with Crippen molar-refractivity contribution in [3.63, 3.8) is 0 Å². The fraction of sp³-hybridized carbons (Fsp3) is 0.500. The number of halogens is 1. The molecule has 132 valence electrons. The fourth-order valence-corrected chi connectivity index (χ4v) is 2.77. The van der Waals surface area contributed by atoms with Crippen molar-refractivity contribution < 1.29 is 28.6 Å². The SMILES string of the molecule is COC(=O)c1ccc(CN2CCN(C(=O)O)C[C@H]2CF)cc1OC. The smallest absolute Gasteiger partial charge is 0.407 e. The molecule has 8 heteroatoms. The van der Waals surface area contributed by atoms with Gasteiger partial charge >= 0.3 is 12.1 Å². The third-order valence-electron chi connectivity index (χ3n) is 4.11. The van der Waals surface area contributed by atoms with E-state index in [4.69, 9.17) is 14.6 Å². The summed E-state index contributed by atoms with van der Waals surface area (Å²) < 4.78 is 23.2. The van der Waals surface area contributed by atoms with Crippen LogP contribution in [0.2, 0.25) is 0 Å². The van der Waals surface area contributed by atoms with Crippen LogP contribution >= 0.6 is 0 Å². The minimum absolute atomic E-state index is 0.142. The number of ether oxygens (including phenoxy) is 2. The molecular weight excluding hydrogens is 319 g/mol. The molecule has 0 radical (unpaired) electrons. The Bertz CT molecular complexity index is 610. The van der Waals surface area contributed by atoms with E-state index in [0.29, 0.717) is 30.9 Å². The Morgan fingerprint density at radius 1 is 1.33 bits per heavy atom. The summed E-state index contributed by atoms with van der Waals surface area (Å²) in [6.07, 6.45) is -1.03. The average Bonchev–Trinajstić information content (AvgIpc) is 2.60. The summed E-state index contributed by atoms with van der Waals surface area (Å²) in [6, 6.07) is 4.59. The molecule has 24 heavy (non-hydrogen) atoms. The average molecular weight is 340 g/mol. The van der Waals surface area contributed by atoms with Crippen molar-refractivity contribution in [3.05, 3.63) is 29.3 Å². The van der Waals surface area contributed by atoms with Gasteiger partial charge in [-0.2, -0.15) is 0 Å². The van der Waals surface area contributed by atoms with Gasteiger partial charge < -0.3 is 19.5 Å². The number of carbonyl (C=O) groups is 2. The summed E-state index contributed by atoms with van der Waals surface area (Å²) in [7, 11) is 2.75. The Morgan fingerprint density at radius 2 is 2.08 bits per heavy atom. The predicted octanol–water partition coefficient (Wildman–Crippen LogP) is 1.62. The normalized spacial score (nSPS) is 18.3. The Labute approximate surface area is 139 Å². The molecule has 1 N–H and O–H groups in total. The third kappa shape index (κ3) is 3.94. The van der Waals surface area contributed by atoms with Gasteiger partial charge in [0.25, 0.3) is 0 Å². The highest BCUT2D eigenvalue weighted by molar-refractivity contribution is 5.92. The molecule has 1 saturated heterocycles. The molecule has 0 aromatic heterocycles. The van der Waals surface area contributed by atoms with Gasteiger partial charge in [0, 0.05) is 26.2 Å². The minimum Gasteiger partial charge on any atom is -0.496 e. The maximum absolute atomic E-state index is 13.3. The molecule has 1 aromatic carbocycles. The van der Waals surface area contributed by atoms with Gasteiger partial charge in [-0.05, 0) is 17.7 Å². The lowest BCUT2D eigenvalue weighted by molar-refractivity contribution is 0.0534. The van der Waals surface area contributed by atoms with Crippen molar-refractivity contribution in [3.8, 4) is 5.75 Å². The number of esters is 1. The van der Waals surface area contributed by atoms with Crippen LogP contribution in [0.25, 0.3) is 0 Å². The third-order valence-corrected chi connectivity index (χ3v) is 4.11. The predicted molar refractivity (Wildman–Crippen MR) is 84.1 cm³/mol. The van der Waals surface area contributed by atoms with Gasteiger partial charge in [-0.1, -0.05) is 6.07 Å². The number of benzene rings is 1. The van der Waals surface area contributed by atoms with Crippen LogP contribution in [0, 0.1) is 0 Å². The molecule has 0 spiro atoms. The molecule has 0 aliphatic carbocycles. The first-order valence-electron chi connectivity index (χ1n) is 7.53. The van der Waals surface area contributed by atoms with E-state index in [1.54, 1.807) is 18.2 Å². The number of hydrogen-bond donors (Lipinski definition) is 1. The topological polar surface area (TPSA) is 79.3 Å². The fourth-order valence-electron chi connectivity index (χ4n) is 2.77. The highest BCUT2D eigenvalue weighted by Crippen LogP contribution is 2.23. The van der Waals surface area contributed by atoms with Crippen LogP contribution in [0.1, 0.15) is 15.9 Å². The number of piperazine rings is 1. The lowest BCUT2D eigenvalue weighted by atomic mass is 10.1. The Balaban J connectivity index is 2.12. The first kappa shape index (κ1) is 18.0. The molecule has 2 rings (SSSR count). The van der Waals surface area contributed by atoms with Gasteiger partial charge in [0.05, 0.1) is 20.3 Å². The Hall–Kier alpha value is -2.35. The van der Waals surface area contributed by atoms with Crippen LogP contribution in [0.4, 0.5) is 9.18 Å². The maximum atomic E-state index is 13.3. The zero-order valence-electron chi connectivity index (χ0n) is 13.7. The van der Waals surface area contributed by atoms with Crippen molar-refractivity contribution in [1.29, 1.82) is 0 Å². The lowest BCUT2D eigenvalue weighted by Gasteiger charge is -2.39. The van der Waals surface area contributed by atoms with E-state index in [9.17, 15) is 14.0 Å². The second-order valence-corrected chi connectivity index (χ2v) is 5.53. The molecule has 1 aliphatic heterocycles.